The van der Waals surface area contributed by atoms with Crippen molar-refractivity contribution in [2.45, 2.75) is 38.3 Å². The maximum atomic E-state index is 12.9. The van der Waals surface area contributed by atoms with Crippen molar-refractivity contribution >= 4 is 23.4 Å². The molecule has 10 heteroatoms. The van der Waals surface area contributed by atoms with E-state index in [4.69, 9.17) is 4.74 Å². The third-order valence-corrected chi connectivity index (χ3v) is 5.57. The maximum Gasteiger partial charge on any atom is 0.416 e. The number of aromatic nitrogens is 3. The molecule has 0 radical (unpaired) electrons. The molecule has 1 heterocycles. The van der Waals surface area contributed by atoms with Crippen LogP contribution in [0.4, 0.5) is 18.9 Å². The van der Waals surface area contributed by atoms with Crippen molar-refractivity contribution in [3.05, 3.63) is 77.6 Å². The van der Waals surface area contributed by atoms with Gasteiger partial charge in [-0.2, -0.15) is 13.2 Å². The first kappa shape index (κ1) is 24.4. The molecule has 0 saturated carbocycles. The van der Waals surface area contributed by atoms with Gasteiger partial charge in [-0.25, -0.2) is 0 Å². The van der Waals surface area contributed by atoms with Gasteiger partial charge in [0.2, 0.25) is 5.91 Å². The molecule has 2 aromatic carbocycles. The first-order valence-electron chi connectivity index (χ1n) is 10.0. The Morgan fingerprint density at radius 2 is 2.00 bits per heavy atom. The van der Waals surface area contributed by atoms with E-state index in [-0.39, 0.29) is 18.0 Å². The molecule has 0 bridgehead atoms. The third-order valence-electron chi connectivity index (χ3n) is 4.60. The minimum absolute atomic E-state index is 0.0521. The number of rotatable bonds is 9. The lowest BCUT2D eigenvalue weighted by molar-refractivity contribution is -0.137. The Kier molecular flexibility index (Phi) is 7.80. The summed E-state index contributed by atoms with van der Waals surface area (Å²) in [6, 6.07) is 10.4. The highest BCUT2D eigenvalue weighted by Crippen LogP contribution is 2.30. The molecule has 1 N–H and O–H groups in total. The molecule has 0 unspecified atom stereocenters. The molecule has 3 rings (SSSR count). The van der Waals surface area contributed by atoms with Crippen LogP contribution in [0.3, 0.4) is 0 Å². The van der Waals surface area contributed by atoms with Crippen LogP contribution in [-0.2, 0) is 24.1 Å². The molecule has 0 atom stereocenters. The number of aryl methyl sites for hydroxylation is 2. The van der Waals surface area contributed by atoms with Gasteiger partial charge in [0.05, 0.1) is 11.3 Å². The topological polar surface area (TPSA) is 69.0 Å². The number of halogens is 3. The summed E-state index contributed by atoms with van der Waals surface area (Å²) in [6.45, 7) is 8.30. The highest BCUT2D eigenvalue weighted by Gasteiger charge is 2.30. The Labute approximate surface area is 193 Å². The van der Waals surface area contributed by atoms with Crippen molar-refractivity contribution in [3.8, 4) is 5.75 Å². The molecule has 3 aromatic rings. The molecule has 0 saturated heterocycles. The lowest BCUT2D eigenvalue weighted by Crippen LogP contribution is -2.15. The van der Waals surface area contributed by atoms with Gasteiger partial charge in [-0.3, -0.25) is 9.36 Å². The number of carbonyl (C=O) groups is 1. The number of thioether (sulfide) groups is 1. The average molecular weight is 477 g/mol. The fourth-order valence-electron chi connectivity index (χ4n) is 3.05. The SMILES string of the molecule is C=CCn1c(COc2ccc(C)cc2C)nnc1SCC(=O)Nc1cccc(C(F)(F)F)c1. The van der Waals surface area contributed by atoms with E-state index < -0.39 is 17.6 Å². The minimum atomic E-state index is -4.48. The van der Waals surface area contributed by atoms with Gasteiger partial charge in [0.1, 0.15) is 12.4 Å². The van der Waals surface area contributed by atoms with Crippen LogP contribution in [0, 0.1) is 13.8 Å². The number of ether oxygens (including phenoxy) is 1. The Bertz CT molecular complexity index is 1140. The van der Waals surface area contributed by atoms with E-state index in [0.717, 1.165) is 40.8 Å². The zero-order chi connectivity index (χ0) is 24.0. The summed E-state index contributed by atoms with van der Waals surface area (Å²) in [7, 11) is 0. The molecule has 0 aliphatic heterocycles. The number of allylic oxidation sites excluding steroid dienone is 1. The Morgan fingerprint density at radius 1 is 1.21 bits per heavy atom. The van der Waals surface area contributed by atoms with Gasteiger partial charge < -0.3 is 10.1 Å². The first-order chi connectivity index (χ1) is 15.7. The maximum absolute atomic E-state index is 12.9. The van der Waals surface area contributed by atoms with Crippen LogP contribution in [0.25, 0.3) is 0 Å². The Hall–Kier alpha value is -3.27. The fourth-order valence-corrected chi connectivity index (χ4v) is 3.82. The molecule has 0 aliphatic carbocycles. The molecule has 0 fully saturated rings. The van der Waals surface area contributed by atoms with Gasteiger partial charge in [0.25, 0.3) is 0 Å². The van der Waals surface area contributed by atoms with E-state index >= 15 is 0 Å². The summed E-state index contributed by atoms with van der Waals surface area (Å²) in [5, 5.41) is 11.2. The molecular formula is C23H23F3N4O2S. The summed E-state index contributed by atoms with van der Waals surface area (Å²) in [5.74, 6) is 0.795. The van der Waals surface area contributed by atoms with Crippen LogP contribution in [0.15, 0.2) is 60.3 Å². The second kappa shape index (κ2) is 10.6. The van der Waals surface area contributed by atoms with Gasteiger partial charge in [-0.15, -0.1) is 16.8 Å². The zero-order valence-electron chi connectivity index (χ0n) is 18.1. The Morgan fingerprint density at radius 3 is 2.70 bits per heavy atom. The number of carbonyl (C=O) groups excluding carboxylic acids is 1. The lowest BCUT2D eigenvalue weighted by atomic mass is 10.1. The van der Waals surface area contributed by atoms with Gasteiger partial charge in [0.15, 0.2) is 11.0 Å². The van der Waals surface area contributed by atoms with E-state index in [9.17, 15) is 18.0 Å². The quantitative estimate of drug-likeness (QED) is 0.330. The number of anilines is 1. The molecule has 0 aliphatic rings. The predicted molar refractivity (Wildman–Crippen MR) is 121 cm³/mol. The van der Waals surface area contributed by atoms with Crippen molar-refractivity contribution in [3.63, 3.8) is 0 Å². The van der Waals surface area contributed by atoms with Crippen molar-refractivity contribution < 1.29 is 22.7 Å². The number of amides is 1. The number of hydrogen-bond acceptors (Lipinski definition) is 5. The fraction of sp³-hybridized carbons (Fsp3) is 0.261. The number of benzene rings is 2. The average Bonchev–Trinajstić information content (AvgIpc) is 3.13. The molecule has 1 amide bonds. The van der Waals surface area contributed by atoms with E-state index in [1.807, 2.05) is 32.0 Å². The predicted octanol–water partition coefficient (Wildman–Crippen LogP) is 5.41. The summed E-state index contributed by atoms with van der Waals surface area (Å²) in [5.41, 5.74) is 1.39. The van der Waals surface area contributed by atoms with Gasteiger partial charge in [-0.05, 0) is 43.7 Å². The third kappa shape index (κ3) is 6.61. The van der Waals surface area contributed by atoms with Crippen molar-refractivity contribution in [2.24, 2.45) is 0 Å². The molecule has 174 valence electrons. The van der Waals surface area contributed by atoms with E-state index in [1.165, 1.54) is 12.1 Å². The molecule has 1 aromatic heterocycles. The summed E-state index contributed by atoms with van der Waals surface area (Å²) in [6.07, 6.45) is -2.80. The molecular weight excluding hydrogens is 453 g/mol. The monoisotopic (exact) mass is 476 g/mol. The van der Waals surface area contributed by atoms with Crippen LogP contribution in [0.5, 0.6) is 5.75 Å². The highest BCUT2D eigenvalue weighted by molar-refractivity contribution is 7.99. The van der Waals surface area contributed by atoms with E-state index in [2.05, 4.69) is 22.1 Å². The van der Waals surface area contributed by atoms with E-state index in [0.29, 0.717) is 17.5 Å². The standard InChI is InChI=1S/C23H23F3N4O2S/c1-4-10-30-20(13-32-19-9-8-15(2)11-16(19)3)28-29-22(30)33-14-21(31)27-18-7-5-6-17(12-18)23(24,25)26/h4-9,11-12H,1,10,13-14H2,2-3H3,(H,27,31). The van der Waals surface area contributed by atoms with Crippen LogP contribution in [0.2, 0.25) is 0 Å². The second-order valence-electron chi connectivity index (χ2n) is 7.27. The highest BCUT2D eigenvalue weighted by atomic mass is 32.2. The van der Waals surface area contributed by atoms with Crippen molar-refractivity contribution in [1.29, 1.82) is 0 Å². The number of alkyl halides is 3. The van der Waals surface area contributed by atoms with E-state index in [1.54, 1.807) is 10.6 Å². The lowest BCUT2D eigenvalue weighted by Gasteiger charge is -2.11. The first-order valence-corrected chi connectivity index (χ1v) is 11.0. The van der Waals surface area contributed by atoms with Crippen LogP contribution < -0.4 is 10.1 Å². The molecule has 33 heavy (non-hydrogen) atoms. The smallest absolute Gasteiger partial charge is 0.416 e. The van der Waals surface area contributed by atoms with Crippen LogP contribution in [0.1, 0.15) is 22.5 Å². The minimum Gasteiger partial charge on any atom is -0.485 e. The zero-order valence-corrected chi connectivity index (χ0v) is 19.0. The normalized spacial score (nSPS) is 11.3. The molecule has 0 spiro atoms. The second-order valence-corrected chi connectivity index (χ2v) is 8.21. The number of nitrogens with zero attached hydrogens (tertiary/aromatic N) is 3. The van der Waals surface area contributed by atoms with Gasteiger partial charge in [0, 0.05) is 12.2 Å². The van der Waals surface area contributed by atoms with Gasteiger partial charge >= 0.3 is 6.18 Å². The largest absolute Gasteiger partial charge is 0.485 e. The van der Waals surface area contributed by atoms with Crippen LogP contribution in [-0.4, -0.2) is 26.4 Å². The Balaban J connectivity index is 1.63. The molecule has 6 nitrogen and oxygen atoms in total. The van der Waals surface area contributed by atoms with Gasteiger partial charge in [-0.1, -0.05) is 41.6 Å². The summed E-state index contributed by atoms with van der Waals surface area (Å²) in [4.78, 5) is 12.3. The number of nitrogens with one attached hydrogen (secondary N) is 1. The number of hydrogen-bond donors (Lipinski definition) is 1. The van der Waals surface area contributed by atoms with Crippen LogP contribution >= 0.6 is 11.8 Å². The van der Waals surface area contributed by atoms with Crippen molar-refractivity contribution in [2.75, 3.05) is 11.1 Å². The summed E-state index contributed by atoms with van der Waals surface area (Å²) < 4.78 is 46.2. The summed E-state index contributed by atoms with van der Waals surface area (Å²) >= 11 is 1.12. The van der Waals surface area contributed by atoms with Crippen molar-refractivity contribution in [1.82, 2.24) is 14.8 Å².